The van der Waals surface area contributed by atoms with Crippen LogP contribution in [0.5, 0.6) is 0 Å². The zero-order valence-corrected chi connectivity index (χ0v) is 16.0. The molecule has 1 fully saturated rings. The zero-order valence-electron chi connectivity index (χ0n) is 16.0. The van der Waals surface area contributed by atoms with Crippen LogP contribution in [0.2, 0.25) is 0 Å². The average molecular weight is 386 g/mol. The van der Waals surface area contributed by atoms with Crippen molar-refractivity contribution < 1.29 is 9.21 Å². The summed E-state index contributed by atoms with van der Waals surface area (Å²) in [5.74, 6) is 1.58. The molecule has 3 heterocycles. The molecule has 29 heavy (non-hydrogen) atoms. The highest BCUT2D eigenvalue weighted by molar-refractivity contribution is 5.92. The molecule has 0 aliphatic carbocycles. The van der Waals surface area contributed by atoms with Gasteiger partial charge < -0.3 is 19.2 Å². The van der Waals surface area contributed by atoms with E-state index in [1.54, 1.807) is 12.2 Å². The molecule has 0 unspecified atom stereocenters. The van der Waals surface area contributed by atoms with E-state index in [1.165, 1.54) is 0 Å². The van der Waals surface area contributed by atoms with Crippen LogP contribution in [0.3, 0.4) is 0 Å². The fourth-order valence-corrected chi connectivity index (χ4v) is 3.78. The van der Waals surface area contributed by atoms with Crippen LogP contribution in [-0.2, 0) is 4.79 Å². The molecule has 1 aliphatic heterocycles. The number of fused-ring (bicyclic) bond motifs is 2. The molecule has 0 saturated carbocycles. The van der Waals surface area contributed by atoms with Crippen molar-refractivity contribution in [3.63, 3.8) is 0 Å². The van der Waals surface area contributed by atoms with Crippen LogP contribution in [0.1, 0.15) is 12.2 Å². The van der Waals surface area contributed by atoms with Crippen molar-refractivity contribution in [2.24, 2.45) is 0 Å². The summed E-state index contributed by atoms with van der Waals surface area (Å²) in [6, 6.07) is 17.8. The summed E-state index contributed by atoms with van der Waals surface area (Å²) in [6.45, 7) is 3.03. The maximum absolute atomic E-state index is 12.7. The smallest absolute Gasteiger partial charge is 0.246 e. The highest BCUT2D eigenvalue weighted by Gasteiger charge is 2.19. The highest BCUT2D eigenvalue weighted by Crippen LogP contribution is 2.21. The zero-order chi connectivity index (χ0) is 19.6. The van der Waals surface area contributed by atoms with E-state index in [0.717, 1.165) is 54.0 Å². The second kappa shape index (κ2) is 7.47. The number of rotatable bonds is 3. The molecule has 1 aliphatic rings. The number of hydrogen-bond donors (Lipinski definition) is 1. The van der Waals surface area contributed by atoms with Crippen LogP contribution in [0.4, 0.5) is 5.95 Å². The Balaban J connectivity index is 1.25. The Kier molecular flexibility index (Phi) is 4.52. The molecular weight excluding hydrogens is 364 g/mol. The third-order valence-electron chi connectivity index (χ3n) is 5.32. The second-order valence-corrected chi connectivity index (χ2v) is 7.26. The Morgan fingerprint density at radius 2 is 1.90 bits per heavy atom. The van der Waals surface area contributed by atoms with Gasteiger partial charge in [0.05, 0.1) is 11.0 Å². The van der Waals surface area contributed by atoms with Crippen molar-refractivity contribution in [3.05, 3.63) is 66.4 Å². The quantitative estimate of drug-likeness (QED) is 0.539. The minimum absolute atomic E-state index is 0.0110. The first-order chi connectivity index (χ1) is 14.3. The third-order valence-corrected chi connectivity index (χ3v) is 5.32. The molecule has 0 bridgehead atoms. The topological polar surface area (TPSA) is 65.4 Å². The van der Waals surface area contributed by atoms with Crippen LogP contribution in [0.15, 0.2) is 65.1 Å². The first-order valence-electron chi connectivity index (χ1n) is 9.91. The number of nitrogens with zero attached hydrogens (tertiary/aromatic N) is 3. The van der Waals surface area contributed by atoms with Crippen LogP contribution in [-0.4, -0.2) is 47.0 Å². The Morgan fingerprint density at radius 1 is 1.03 bits per heavy atom. The van der Waals surface area contributed by atoms with Gasteiger partial charge in [0.2, 0.25) is 11.9 Å². The molecule has 4 aromatic rings. The lowest BCUT2D eigenvalue weighted by Gasteiger charge is -2.20. The fraction of sp³-hybridized carbons (Fsp3) is 0.217. The SMILES string of the molecule is O=C(C=Cc1cc2ccccc2o1)N1CCCN(c2nc3ccccc3[nH]2)CC1. The van der Waals surface area contributed by atoms with Crippen molar-refractivity contribution in [2.45, 2.75) is 6.42 Å². The molecule has 1 saturated heterocycles. The molecule has 6 nitrogen and oxygen atoms in total. The van der Waals surface area contributed by atoms with Crippen LogP contribution >= 0.6 is 0 Å². The lowest BCUT2D eigenvalue weighted by molar-refractivity contribution is -0.125. The van der Waals surface area contributed by atoms with Crippen molar-refractivity contribution in [2.75, 3.05) is 31.1 Å². The van der Waals surface area contributed by atoms with Gasteiger partial charge in [-0.3, -0.25) is 4.79 Å². The minimum atomic E-state index is 0.0110. The Labute approximate surface area is 168 Å². The van der Waals surface area contributed by atoms with Gasteiger partial charge in [-0.1, -0.05) is 30.3 Å². The van der Waals surface area contributed by atoms with Crippen molar-refractivity contribution in [1.29, 1.82) is 0 Å². The van der Waals surface area contributed by atoms with Crippen molar-refractivity contribution in [1.82, 2.24) is 14.9 Å². The molecule has 0 spiro atoms. The normalized spacial score (nSPS) is 15.4. The first-order valence-corrected chi connectivity index (χ1v) is 9.91. The summed E-state index contributed by atoms with van der Waals surface area (Å²) in [5.41, 5.74) is 2.83. The molecule has 2 aromatic carbocycles. The second-order valence-electron chi connectivity index (χ2n) is 7.26. The van der Waals surface area contributed by atoms with Gasteiger partial charge >= 0.3 is 0 Å². The number of H-pyrrole nitrogens is 1. The van der Waals surface area contributed by atoms with Gasteiger partial charge in [0, 0.05) is 37.6 Å². The van der Waals surface area contributed by atoms with E-state index in [-0.39, 0.29) is 5.91 Å². The lowest BCUT2D eigenvalue weighted by atomic mass is 10.2. The van der Waals surface area contributed by atoms with E-state index in [9.17, 15) is 4.79 Å². The highest BCUT2D eigenvalue weighted by atomic mass is 16.3. The summed E-state index contributed by atoms with van der Waals surface area (Å²) in [4.78, 5) is 24.9. The average Bonchev–Trinajstić information content (AvgIpc) is 3.28. The van der Waals surface area contributed by atoms with Gasteiger partial charge in [-0.25, -0.2) is 4.98 Å². The molecule has 2 aromatic heterocycles. The third kappa shape index (κ3) is 3.61. The predicted molar refractivity (Wildman–Crippen MR) is 115 cm³/mol. The Morgan fingerprint density at radius 3 is 2.79 bits per heavy atom. The van der Waals surface area contributed by atoms with E-state index in [1.807, 2.05) is 59.5 Å². The molecular formula is C23H22N4O2. The largest absolute Gasteiger partial charge is 0.457 e. The van der Waals surface area contributed by atoms with Gasteiger partial charge in [-0.15, -0.1) is 0 Å². The molecule has 1 N–H and O–H groups in total. The van der Waals surface area contributed by atoms with E-state index in [0.29, 0.717) is 12.3 Å². The summed E-state index contributed by atoms with van der Waals surface area (Å²) < 4.78 is 5.76. The number of benzene rings is 2. The summed E-state index contributed by atoms with van der Waals surface area (Å²) in [6.07, 6.45) is 4.26. The molecule has 146 valence electrons. The minimum Gasteiger partial charge on any atom is -0.457 e. The number of amides is 1. The van der Waals surface area contributed by atoms with Gasteiger partial charge in [0.15, 0.2) is 0 Å². The number of carbonyl (C=O) groups is 1. The number of anilines is 1. The number of imidazole rings is 1. The Hall–Kier alpha value is -3.54. The Bertz CT molecular complexity index is 1120. The number of furan rings is 1. The van der Waals surface area contributed by atoms with E-state index >= 15 is 0 Å². The number of nitrogens with one attached hydrogen (secondary N) is 1. The molecule has 5 rings (SSSR count). The fourth-order valence-electron chi connectivity index (χ4n) is 3.78. The molecule has 0 atom stereocenters. The van der Waals surface area contributed by atoms with Crippen LogP contribution < -0.4 is 4.90 Å². The number of aromatic amines is 1. The number of hydrogen-bond acceptors (Lipinski definition) is 4. The maximum Gasteiger partial charge on any atom is 0.246 e. The van der Waals surface area contributed by atoms with Crippen LogP contribution in [0, 0.1) is 0 Å². The van der Waals surface area contributed by atoms with Gasteiger partial charge in [0.25, 0.3) is 0 Å². The van der Waals surface area contributed by atoms with Gasteiger partial charge in [0.1, 0.15) is 11.3 Å². The molecule has 6 heteroatoms. The standard InChI is InChI=1S/C23H22N4O2/c28-22(11-10-18-16-17-6-1-4-9-21(17)29-18)26-12-5-13-27(15-14-26)23-24-19-7-2-3-8-20(19)25-23/h1-4,6-11,16H,5,12-15H2,(H,24,25). The van der Waals surface area contributed by atoms with E-state index in [2.05, 4.69) is 14.9 Å². The number of aromatic nitrogens is 2. The maximum atomic E-state index is 12.7. The molecule has 1 amide bonds. The van der Waals surface area contributed by atoms with Crippen molar-refractivity contribution in [3.8, 4) is 0 Å². The predicted octanol–water partition coefficient (Wildman–Crippen LogP) is 4.06. The van der Waals surface area contributed by atoms with Gasteiger partial charge in [-0.05, 0) is 36.8 Å². The van der Waals surface area contributed by atoms with Crippen LogP contribution in [0.25, 0.3) is 28.1 Å². The first kappa shape index (κ1) is 17.6. The van der Waals surface area contributed by atoms with E-state index < -0.39 is 0 Å². The lowest BCUT2D eigenvalue weighted by Crippen LogP contribution is -2.34. The summed E-state index contributed by atoms with van der Waals surface area (Å²) in [7, 11) is 0. The number of carbonyl (C=O) groups excluding carboxylic acids is 1. The van der Waals surface area contributed by atoms with Crippen molar-refractivity contribution >= 4 is 39.9 Å². The number of para-hydroxylation sites is 3. The van der Waals surface area contributed by atoms with Gasteiger partial charge in [-0.2, -0.15) is 0 Å². The molecule has 0 radical (unpaired) electrons. The summed E-state index contributed by atoms with van der Waals surface area (Å²) in [5, 5.41) is 1.04. The monoisotopic (exact) mass is 386 g/mol. The summed E-state index contributed by atoms with van der Waals surface area (Å²) >= 11 is 0. The van der Waals surface area contributed by atoms with E-state index in [4.69, 9.17) is 4.42 Å².